The summed E-state index contributed by atoms with van der Waals surface area (Å²) in [5.41, 5.74) is 5.46. The van der Waals surface area contributed by atoms with Crippen molar-refractivity contribution in [3.63, 3.8) is 0 Å². The molecule has 0 aliphatic rings. The molecule has 1 aromatic heterocycles. The number of nitrogen functional groups attached to an aromatic ring is 1. The van der Waals surface area contributed by atoms with Crippen molar-refractivity contribution in [2.24, 2.45) is 7.05 Å². The van der Waals surface area contributed by atoms with Crippen molar-refractivity contribution in [2.75, 3.05) is 10.5 Å². The van der Waals surface area contributed by atoms with Gasteiger partial charge in [0.05, 0.1) is 5.69 Å². The highest BCUT2D eigenvalue weighted by Crippen LogP contribution is 2.21. The van der Waals surface area contributed by atoms with E-state index >= 15 is 0 Å². The van der Waals surface area contributed by atoms with E-state index in [0.717, 1.165) is 12.1 Å². The molecule has 0 bridgehead atoms. The summed E-state index contributed by atoms with van der Waals surface area (Å²) in [6.45, 7) is 0. The zero-order valence-electron chi connectivity index (χ0n) is 9.33. The molecule has 2 rings (SSSR count). The van der Waals surface area contributed by atoms with Crippen LogP contribution in [0.4, 0.5) is 16.0 Å². The molecule has 3 N–H and O–H groups in total. The lowest BCUT2D eigenvalue weighted by Gasteiger charge is -2.09. The summed E-state index contributed by atoms with van der Waals surface area (Å²) < 4.78 is 40.4. The van der Waals surface area contributed by atoms with Crippen LogP contribution in [0.2, 0.25) is 0 Å². The number of anilines is 2. The number of hydrogen-bond donors (Lipinski definition) is 2. The van der Waals surface area contributed by atoms with Gasteiger partial charge in [-0.2, -0.15) is 10.1 Å². The normalized spacial score (nSPS) is 11.4. The number of rotatable bonds is 3. The van der Waals surface area contributed by atoms with E-state index in [1.807, 2.05) is 0 Å². The summed E-state index contributed by atoms with van der Waals surface area (Å²) in [7, 11) is -2.48. The van der Waals surface area contributed by atoms with Gasteiger partial charge in [-0.15, -0.1) is 0 Å². The van der Waals surface area contributed by atoms with Gasteiger partial charge in [-0.25, -0.2) is 22.2 Å². The average Bonchev–Trinajstić information content (AvgIpc) is 2.67. The first kappa shape index (κ1) is 12.3. The number of aromatic nitrogens is 3. The van der Waals surface area contributed by atoms with Gasteiger partial charge in [0.1, 0.15) is 17.0 Å². The number of nitrogens with zero attached hydrogens (tertiary/aromatic N) is 3. The van der Waals surface area contributed by atoms with Crippen LogP contribution in [-0.4, -0.2) is 23.2 Å². The number of sulfonamides is 1. The van der Waals surface area contributed by atoms with Crippen molar-refractivity contribution in [3.8, 4) is 0 Å². The molecule has 0 radical (unpaired) electrons. The van der Waals surface area contributed by atoms with Gasteiger partial charge >= 0.3 is 0 Å². The van der Waals surface area contributed by atoms with E-state index in [0.29, 0.717) is 0 Å². The molecule has 0 aliphatic heterocycles. The van der Waals surface area contributed by atoms with E-state index in [9.17, 15) is 12.8 Å². The van der Waals surface area contributed by atoms with Crippen LogP contribution in [0.3, 0.4) is 0 Å². The Hall–Kier alpha value is -2.16. The maximum absolute atomic E-state index is 13.1. The molecule has 0 spiro atoms. The van der Waals surface area contributed by atoms with Crippen molar-refractivity contribution in [2.45, 2.75) is 4.90 Å². The minimum absolute atomic E-state index is 0.0126. The van der Waals surface area contributed by atoms with Crippen LogP contribution < -0.4 is 10.5 Å². The highest BCUT2D eigenvalue weighted by Gasteiger charge is 2.20. The Bertz CT molecular complexity index is 682. The molecule has 0 aliphatic carbocycles. The van der Waals surface area contributed by atoms with E-state index in [1.165, 1.54) is 24.1 Å². The molecule has 96 valence electrons. The lowest BCUT2D eigenvalue weighted by Crippen LogP contribution is -2.17. The summed E-state index contributed by atoms with van der Waals surface area (Å²) in [6.07, 6.45) is 1.19. The third-order valence-electron chi connectivity index (χ3n) is 2.20. The molecule has 0 saturated carbocycles. The average molecular weight is 271 g/mol. The van der Waals surface area contributed by atoms with Crippen LogP contribution in [-0.2, 0) is 17.1 Å². The van der Waals surface area contributed by atoms with Crippen LogP contribution in [0.1, 0.15) is 0 Å². The quantitative estimate of drug-likeness (QED) is 0.783. The maximum Gasteiger partial charge on any atom is 0.266 e. The minimum Gasteiger partial charge on any atom is -0.398 e. The predicted octanol–water partition coefficient (Wildman–Crippen LogP) is 0.337. The number of nitrogens with two attached hydrogens (primary N) is 1. The largest absolute Gasteiger partial charge is 0.398 e. The molecular formula is C9H10FN5O2S. The van der Waals surface area contributed by atoms with Crippen LogP contribution in [0, 0.1) is 5.82 Å². The number of aryl methyl sites for hydroxylation is 1. The second-order valence-electron chi connectivity index (χ2n) is 3.49. The van der Waals surface area contributed by atoms with Gasteiger partial charge < -0.3 is 5.73 Å². The molecule has 0 saturated heterocycles. The zero-order valence-corrected chi connectivity index (χ0v) is 10.1. The zero-order chi connectivity index (χ0) is 13.3. The van der Waals surface area contributed by atoms with Gasteiger partial charge in [-0.3, -0.25) is 0 Å². The molecule has 1 aromatic carbocycles. The number of hydrogen-bond acceptors (Lipinski definition) is 5. The molecule has 18 heavy (non-hydrogen) atoms. The monoisotopic (exact) mass is 271 g/mol. The lowest BCUT2D eigenvalue weighted by molar-refractivity contribution is 0.595. The Labute approximate surface area is 102 Å². The Balaban J connectivity index is 2.43. The summed E-state index contributed by atoms with van der Waals surface area (Å²) in [5.74, 6) is -0.679. The van der Waals surface area contributed by atoms with Gasteiger partial charge in [0.25, 0.3) is 10.0 Å². The van der Waals surface area contributed by atoms with Crippen molar-refractivity contribution in [3.05, 3.63) is 30.3 Å². The Morgan fingerprint density at radius 2 is 2.17 bits per heavy atom. The molecule has 1 heterocycles. The summed E-state index contributed by atoms with van der Waals surface area (Å²) in [5, 5.41) is 3.71. The third kappa shape index (κ3) is 2.25. The smallest absolute Gasteiger partial charge is 0.266 e. The van der Waals surface area contributed by atoms with Gasteiger partial charge in [0.2, 0.25) is 5.95 Å². The fraction of sp³-hybridized carbons (Fsp3) is 0.111. The SMILES string of the molecule is Cn1ncnc1NS(=O)(=O)c1cc(F)ccc1N. The fourth-order valence-corrected chi connectivity index (χ4v) is 2.49. The second kappa shape index (κ2) is 4.26. The fourth-order valence-electron chi connectivity index (χ4n) is 1.30. The molecule has 0 unspecified atom stereocenters. The Morgan fingerprint density at radius 1 is 1.44 bits per heavy atom. The minimum atomic E-state index is -4.00. The van der Waals surface area contributed by atoms with Gasteiger partial charge in [0.15, 0.2) is 0 Å². The van der Waals surface area contributed by atoms with Crippen LogP contribution in [0.15, 0.2) is 29.4 Å². The number of benzene rings is 1. The van der Waals surface area contributed by atoms with Gasteiger partial charge in [-0.1, -0.05) is 0 Å². The topological polar surface area (TPSA) is 103 Å². The molecule has 9 heteroatoms. The number of nitrogens with one attached hydrogen (secondary N) is 1. The molecule has 7 nitrogen and oxygen atoms in total. The molecule has 2 aromatic rings. The highest BCUT2D eigenvalue weighted by molar-refractivity contribution is 7.92. The summed E-state index contributed by atoms with van der Waals surface area (Å²) in [6, 6.07) is 3.10. The third-order valence-corrected chi connectivity index (χ3v) is 3.59. The van der Waals surface area contributed by atoms with E-state index < -0.39 is 15.8 Å². The molecule has 0 fully saturated rings. The first-order valence-corrected chi connectivity index (χ1v) is 6.30. The maximum atomic E-state index is 13.1. The van der Waals surface area contributed by atoms with Gasteiger partial charge in [0, 0.05) is 7.05 Å². The Morgan fingerprint density at radius 3 is 2.78 bits per heavy atom. The van der Waals surface area contributed by atoms with E-state index in [1.54, 1.807) is 0 Å². The van der Waals surface area contributed by atoms with Crippen molar-refractivity contribution in [1.82, 2.24) is 14.8 Å². The van der Waals surface area contributed by atoms with Crippen LogP contribution in [0.5, 0.6) is 0 Å². The standard InChI is InChI=1S/C9H10FN5O2S/c1-15-9(12-5-13-15)14-18(16,17)8-4-6(10)2-3-7(8)11/h2-5H,11H2,1H3,(H,12,13,14). The summed E-state index contributed by atoms with van der Waals surface area (Å²) in [4.78, 5) is 3.36. The Kier molecular flexibility index (Phi) is 2.91. The predicted molar refractivity (Wildman–Crippen MR) is 62.6 cm³/mol. The first-order valence-electron chi connectivity index (χ1n) is 4.82. The second-order valence-corrected chi connectivity index (χ2v) is 5.15. The van der Waals surface area contributed by atoms with Crippen LogP contribution in [0.25, 0.3) is 0 Å². The first-order chi connectivity index (χ1) is 8.40. The van der Waals surface area contributed by atoms with Crippen LogP contribution >= 0.6 is 0 Å². The van der Waals surface area contributed by atoms with Gasteiger partial charge in [-0.05, 0) is 18.2 Å². The van der Waals surface area contributed by atoms with E-state index in [-0.39, 0.29) is 16.5 Å². The van der Waals surface area contributed by atoms with Crippen molar-refractivity contribution < 1.29 is 12.8 Å². The highest BCUT2D eigenvalue weighted by atomic mass is 32.2. The van der Waals surface area contributed by atoms with E-state index in [4.69, 9.17) is 5.73 Å². The molecular weight excluding hydrogens is 261 g/mol. The molecule has 0 amide bonds. The van der Waals surface area contributed by atoms with Crippen molar-refractivity contribution in [1.29, 1.82) is 0 Å². The molecule has 0 atom stereocenters. The number of halogens is 1. The lowest BCUT2D eigenvalue weighted by atomic mass is 10.3. The van der Waals surface area contributed by atoms with Crippen molar-refractivity contribution >= 4 is 21.7 Å². The van der Waals surface area contributed by atoms with E-state index in [2.05, 4.69) is 14.8 Å². The summed E-state index contributed by atoms with van der Waals surface area (Å²) >= 11 is 0.